The molecule has 0 aliphatic rings. The summed E-state index contributed by atoms with van der Waals surface area (Å²) in [5, 5.41) is 9.79. The Hall–Kier alpha value is -3.19. The van der Waals surface area contributed by atoms with E-state index in [-0.39, 0.29) is 12.3 Å². The number of fused-ring (bicyclic) bond motifs is 1. The smallest absolute Gasteiger partial charge is 0.431 e. The molecule has 0 unspecified atom stereocenters. The summed E-state index contributed by atoms with van der Waals surface area (Å²) >= 11 is 1.13. The molecule has 1 aromatic carbocycles. The molecule has 29 heavy (non-hydrogen) atoms. The average molecular weight is 432 g/mol. The Bertz CT molecular complexity index is 1170. The summed E-state index contributed by atoms with van der Waals surface area (Å²) in [7, 11) is 2.17. The van der Waals surface area contributed by atoms with Gasteiger partial charge in [-0.1, -0.05) is 0 Å². The Morgan fingerprint density at radius 2 is 1.93 bits per heavy atom. The van der Waals surface area contributed by atoms with Crippen LogP contribution < -0.4 is 17.0 Å². The number of amides is 1. The zero-order valence-corrected chi connectivity index (χ0v) is 15.9. The predicted octanol–water partition coefficient (Wildman–Crippen LogP) is 1.37. The Morgan fingerprint density at radius 3 is 2.45 bits per heavy atom. The van der Waals surface area contributed by atoms with Gasteiger partial charge in [0.1, 0.15) is 5.69 Å². The van der Waals surface area contributed by atoms with Crippen molar-refractivity contribution in [3.05, 3.63) is 56.5 Å². The molecule has 0 saturated heterocycles. The normalized spacial score (nSPS) is 11.1. The van der Waals surface area contributed by atoms with E-state index in [9.17, 15) is 32.7 Å². The monoisotopic (exact) mass is 432 g/mol. The number of nitrogens with zero attached hydrogens (tertiary/aromatic N) is 3. The van der Waals surface area contributed by atoms with E-state index in [0.717, 1.165) is 23.3 Å². The molecule has 0 aliphatic heterocycles. The minimum Gasteiger partial charge on any atom is -0.453 e. The van der Waals surface area contributed by atoms with Gasteiger partial charge >= 0.3 is 18.0 Å². The van der Waals surface area contributed by atoms with Gasteiger partial charge in [-0.3, -0.25) is 9.36 Å². The number of benzene rings is 1. The fraction of sp³-hybridized carbons (Fsp3) is 0.250. The number of aliphatic hydroxyl groups excluding tert-OH is 1. The molecule has 0 bridgehead atoms. The molecular formula is C16H15F3N4O5S. The summed E-state index contributed by atoms with van der Waals surface area (Å²) in [6.45, 7) is -0.330. The second kappa shape index (κ2) is 8.45. The number of hydrogen-bond acceptors (Lipinski definition) is 7. The minimum atomic E-state index is -4.81. The maximum absolute atomic E-state index is 12.9. The third kappa shape index (κ3) is 4.63. The van der Waals surface area contributed by atoms with Crippen molar-refractivity contribution in [1.82, 2.24) is 13.5 Å². The molecule has 2 heterocycles. The number of methoxy groups -OCH3 is 1. The number of halogens is 3. The van der Waals surface area contributed by atoms with Gasteiger partial charge in [0.2, 0.25) is 0 Å². The molecule has 3 aromatic rings. The van der Waals surface area contributed by atoms with Gasteiger partial charge in [-0.15, -0.1) is 0 Å². The van der Waals surface area contributed by atoms with Gasteiger partial charge in [-0.25, -0.2) is 14.2 Å². The maximum atomic E-state index is 12.9. The summed E-state index contributed by atoms with van der Waals surface area (Å²) in [5.41, 5.74) is 1.40. The second-order valence-electron chi connectivity index (χ2n) is 5.53. The molecule has 2 aromatic heterocycles. The quantitative estimate of drug-likeness (QED) is 0.629. The Morgan fingerprint density at radius 1 is 1.31 bits per heavy atom. The van der Waals surface area contributed by atoms with Gasteiger partial charge in [-0.2, -0.15) is 17.5 Å². The molecule has 0 radical (unpaired) electrons. The van der Waals surface area contributed by atoms with E-state index in [2.05, 4.69) is 14.8 Å². The van der Waals surface area contributed by atoms with Crippen molar-refractivity contribution < 1.29 is 27.8 Å². The number of primary amides is 1. The van der Waals surface area contributed by atoms with Gasteiger partial charge in [0, 0.05) is 18.5 Å². The van der Waals surface area contributed by atoms with Crippen molar-refractivity contribution in [3.63, 3.8) is 0 Å². The molecule has 9 nitrogen and oxygen atoms in total. The fourth-order valence-electron chi connectivity index (χ4n) is 2.36. The zero-order chi connectivity index (χ0) is 21.9. The van der Waals surface area contributed by atoms with Crippen LogP contribution in [0, 0.1) is 0 Å². The summed E-state index contributed by atoms with van der Waals surface area (Å²) < 4.78 is 48.3. The topological polar surface area (TPSA) is 129 Å². The number of carbonyl (C=O) groups excluding carboxylic acids is 1. The van der Waals surface area contributed by atoms with Crippen LogP contribution in [0.4, 0.5) is 18.0 Å². The van der Waals surface area contributed by atoms with Crippen molar-refractivity contribution in [1.29, 1.82) is 0 Å². The molecule has 0 saturated carbocycles. The van der Waals surface area contributed by atoms with Gasteiger partial charge in [-0.05, 0) is 29.7 Å². The molecule has 3 rings (SSSR count). The Labute approximate surface area is 164 Å². The standard InChI is InChI=1S/C14H10F3N3O3S.C2H5NO2/c1-19-11(14(15,16)17)5-12(22)20(13(19)23)7-2-3-10-8(4-7)9(6-21)18-24-10;1-5-2(3)4/h2-5,21H,6H2,1H3;1H3,(H2,3,4). The number of hydrogen-bond donors (Lipinski definition) is 2. The van der Waals surface area contributed by atoms with Crippen LogP contribution in [0.5, 0.6) is 0 Å². The van der Waals surface area contributed by atoms with Crippen molar-refractivity contribution >= 4 is 27.7 Å². The Balaban J connectivity index is 0.000000537. The molecule has 13 heteroatoms. The maximum Gasteiger partial charge on any atom is 0.431 e. The van der Waals surface area contributed by atoms with E-state index in [1.165, 1.54) is 19.2 Å². The summed E-state index contributed by atoms with van der Waals surface area (Å²) in [4.78, 5) is 33.7. The van der Waals surface area contributed by atoms with Gasteiger partial charge in [0.25, 0.3) is 5.56 Å². The number of aliphatic hydroxyl groups is 1. The lowest BCUT2D eigenvalue weighted by Crippen LogP contribution is -2.40. The van der Waals surface area contributed by atoms with Gasteiger partial charge < -0.3 is 15.6 Å². The van der Waals surface area contributed by atoms with E-state index in [0.29, 0.717) is 26.3 Å². The summed E-state index contributed by atoms with van der Waals surface area (Å²) in [5.74, 6) is 0. The highest BCUT2D eigenvalue weighted by Crippen LogP contribution is 2.27. The number of alkyl halides is 3. The molecule has 3 N–H and O–H groups in total. The van der Waals surface area contributed by atoms with Crippen LogP contribution in [0.3, 0.4) is 0 Å². The van der Waals surface area contributed by atoms with Crippen LogP contribution >= 0.6 is 11.5 Å². The van der Waals surface area contributed by atoms with Crippen LogP contribution in [-0.2, 0) is 24.6 Å². The van der Waals surface area contributed by atoms with Crippen LogP contribution in [0.1, 0.15) is 11.4 Å². The lowest BCUT2D eigenvalue weighted by Gasteiger charge is -2.13. The van der Waals surface area contributed by atoms with Crippen molar-refractivity contribution in [2.24, 2.45) is 12.8 Å². The number of carbonyl (C=O) groups is 1. The van der Waals surface area contributed by atoms with E-state index in [1.54, 1.807) is 6.07 Å². The van der Waals surface area contributed by atoms with Crippen molar-refractivity contribution in [3.8, 4) is 5.69 Å². The molecule has 1 amide bonds. The van der Waals surface area contributed by atoms with Crippen LogP contribution in [0.2, 0.25) is 0 Å². The third-order valence-corrected chi connectivity index (χ3v) is 4.61. The van der Waals surface area contributed by atoms with Gasteiger partial charge in [0.05, 0.1) is 29.8 Å². The van der Waals surface area contributed by atoms with Gasteiger partial charge in [0.15, 0.2) is 0 Å². The molecular weight excluding hydrogens is 417 g/mol. The number of nitrogens with two attached hydrogens (primary N) is 1. The van der Waals surface area contributed by atoms with Crippen LogP contribution in [0.15, 0.2) is 33.9 Å². The first-order chi connectivity index (χ1) is 13.5. The number of aromatic nitrogens is 3. The molecule has 0 atom stereocenters. The van der Waals surface area contributed by atoms with Crippen molar-refractivity contribution in [2.45, 2.75) is 12.8 Å². The number of ether oxygens (including phenoxy) is 1. The minimum absolute atomic E-state index is 0.108. The highest BCUT2D eigenvalue weighted by Gasteiger charge is 2.35. The fourth-order valence-corrected chi connectivity index (χ4v) is 3.13. The van der Waals surface area contributed by atoms with E-state index in [1.807, 2.05) is 0 Å². The average Bonchev–Trinajstić information content (AvgIpc) is 3.06. The molecule has 156 valence electrons. The third-order valence-electron chi connectivity index (χ3n) is 3.75. The highest BCUT2D eigenvalue weighted by molar-refractivity contribution is 7.13. The zero-order valence-electron chi connectivity index (χ0n) is 15.1. The predicted molar refractivity (Wildman–Crippen MR) is 98.0 cm³/mol. The summed E-state index contributed by atoms with van der Waals surface area (Å²) in [6.07, 6.45) is -5.55. The Kier molecular flexibility index (Phi) is 6.44. The lowest BCUT2D eigenvalue weighted by atomic mass is 10.2. The highest BCUT2D eigenvalue weighted by atomic mass is 32.1. The second-order valence-corrected chi connectivity index (χ2v) is 6.34. The van der Waals surface area contributed by atoms with E-state index < -0.39 is 29.2 Å². The number of rotatable bonds is 2. The molecule has 0 fully saturated rings. The van der Waals surface area contributed by atoms with E-state index in [4.69, 9.17) is 0 Å². The first-order valence-corrected chi connectivity index (χ1v) is 8.51. The first kappa shape index (κ1) is 22.1. The lowest BCUT2D eigenvalue weighted by molar-refractivity contribution is -0.144. The first-order valence-electron chi connectivity index (χ1n) is 7.74. The molecule has 0 aliphatic carbocycles. The molecule has 0 spiro atoms. The SMILES string of the molecule is COC(N)=O.Cn1c(C(F)(F)F)cc(=O)n(-c2ccc3snc(CO)c3c2)c1=O. The van der Waals surface area contributed by atoms with Crippen LogP contribution in [-0.4, -0.2) is 31.8 Å². The van der Waals surface area contributed by atoms with Crippen LogP contribution in [0.25, 0.3) is 15.8 Å². The van der Waals surface area contributed by atoms with Crippen molar-refractivity contribution in [2.75, 3.05) is 7.11 Å². The van der Waals surface area contributed by atoms with E-state index >= 15 is 0 Å². The summed E-state index contributed by atoms with van der Waals surface area (Å²) in [6, 6.07) is 4.85. The largest absolute Gasteiger partial charge is 0.453 e.